The fraction of sp³-hybridized carbons (Fsp3) is 0.526. The molecule has 1 aromatic rings. The Morgan fingerprint density at radius 3 is 2.47 bits per heavy atom. The van der Waals surface area contributed by atoms with Gasteiger partial charge in [0, 0.05) is 25.1 Å². The highest BCUT2D eigenvalue weighted by molar-refractivity contribution is 5.70. The minimum atomic E-state index is -1.12. The van der Waals surface area contributed by atoms with Crippen LogP contribution in [0, 0.1) is 16.0 Å². The lowest BCUT2D eigenvalue weighted by Gasteiger charge is -2.12. The average molecular weight is 426 g/mol. The number of amides is 1. The van der Waals surface area contributed by atoms with Gasteiger partial charge in [0.2, 0.25) is 6.79 Å². The Morgan fingerprint density at radius 2 is 1.83 bits per heavy atom. The van der Waals surface area contributed by atoms with Crippen molar-refractivity contribution in [3.8, 4) is 5.75 Å². The van der Waals surface area contributed by atoms with E-state index in [2.05, 4.69) is 10.1 Å². The van der Waals surface area contributed by atoms with Crippen LogP contribution in [0.15, 0.2) is 24.3 Å². The number of hydrogen-bond acceptors (Lipinski definition) is 9. The molecule has 1 aromatic carbocycles. The Kier molecular flexibility index (Phi) is 11.3. The van der Waals surface area contributed by atoms with Gasteiger partial charge in [-0.2, -0.15) is 0 Å². The van der Waals surface area contributed by atoms with E-state index >= 15 is 0 Å². The Morgan fingerprint density at radius 1 is 1.13 bits per heavy atom. The summed E-state index contributed by atoms with van der Waals surface area (Å²) >= 11 is 0. The first-order valence-corrected chi connectivity index (χ1v) is 9.47. The van der Waals surface area contributed by atoms with Crippen molar-refractivity contribution < 1.29 is 38.3 Å². The average Bonchev–Trinajstić information content (AvgIpc) is 2.68. The molecule has 1 N–H and O–H groups in total. The summed E-state index contributed by atoms with van der Waals surface area (Å²) in [7, 11) is 0. The largest absolute Gasteiger partial charge is 0.516 e. The van der Waals surface area contributed by atoms with Crippen molar-refractivity contribution in [2.75, 3.05) is 19.9 Å². The first kappa shape index (κ1) is 24.7. The van der Waals surface area contributed by atoms with Gasteiger partial charge in [-0.1, -0.05) is 20.3 Å². The standard InChI is InChI=1S/C19H26N2O9/c1-3-4-11-27-18(23)20-10-9-14(2)12-17(22)28-13-29-19(24)30-16-7-5-15(6-8-16)21(25)26/h5-8,14H,3-4,9-13H2,1-2H3,(H,20,23). The highest BCUT2D eigenvalue weighted by Crippen LogP contribution is 2.17. The minimum Gasteiger partial charge on any atom is -0.450 e. The fourth-order valence-corrected chi connectivity index (χ4v) is 2.13. The molecule has 0 aliphatic carbocycles. The van der Waals surface area contributed by atoms with Crippen LogP contribution < -0.4 is 10.1 Å². The SMILES string of the molecule is CCCCOC(=O)NCCC(C)CC(=O)OCOC(=O)Oc1ccc([N+](=O)[O-])cc1. The number of rotatable bonds is 12. The second kappa shape index (κ2) is 13.7. The molecule has 30 heavy (non-hydrogen) atoms. The molecule has 0 spiro atoms. The van der Waals surface area contributed by atoms with Crippen molar-refractivity contribution in [1.82, 2.24) is 5.32 Å². The van der Waals surface area contributed by atoms with Gasteiger partial charge in [-0.15, -0.1) is 0 Å². The van der Waals surface area contributed by atoms with Crippen molar-refractivity contribution >= 4 is 23.9 Å². The maximum absolute atomic E-state index is 11.7. The van der Waals surface area contributed by atoms with Crippen molar-refractivity contribution in [2.45, 2.75) is 39.5 Å². The van der Waals surface area contributed by atoms with Gasteiger partial charge in [0.1, 0.15) is 5.75 Å². The number of ether oxygens (including phenoxy) is 4. The third kappa shape index (κ3) is 10.8. The van der Waals surface area contributed by atoms with E-state index in [1.54, 1.807) is 0 Å². The lowest BCUT2D eigenvalue weighted by molar-refractivity contribution is -0.384. The molecule has 0 bridgehead atoms. The predicted octanol–water partition coefficient (Wildman–Crippen LogP) is 3.55. The number of non-ortho nitro benzene ring substituents is 1. The van der Waals surface area contributed by atoms with Crippen LogP contribution in [-0.2, 0) is 19.0 Å². The number of esters is 1. The van der Waals surface area contributed by atoms with E-state index in [0.29, 0.717) is 19.6 Å². The van der Waals surface area contributed by atoms with E-state index in [1.807, 2.05) is 13.8 Å². The summed E-state index contributed by atoms with van der Waals surface area (Å²) in [6, 6.07) is 4.81. The maximum Gasteiger partial charge on any atom is 0.516 e. The fourth-order valence-electron chi connectivity index (χ4n) is 2.13. The van der Waals surface area contributed by atoms with Gasteiger partial charge in [0.05, 0.1) is 11.5 Å². The smallest absolute Gasteiger partial charge is 0.450 e. The second-order valence-electron chi connectivity index (χ2n) is 6.40. The molecule has 0 radical (unpaired) electrons. The monoisotopic (exact) mass is 426 g/mol. The number of nitro groups is 1. The van der Waals surface area contributed by atoms with Gasteiger partial charge in [-0.05, 0) is 30.9 Å². The zero-order chi connectivity index (χ0) is 22.4. The third-order valence-corrected chi connectivity index (χ3v) is 3.80. The second-order valence-corrected chi connectivity index (χ2v) is 6.40. The number of nitrogens with one attached hydrogen (secondary N) is 1. The molecule has 0 aromatic heterocycles. The van der Waals surface area contributed by atoms with Gasteiger partial charge >= 0.3 is 18.2 Å². The van der Waals surface area contributed by atoms with Gasteiger partial charge in [-0.25, -0.2) is 9.59 Å². The molecule has 166 valence electrons. The van der Waals surface area contributed by atoms with Crippen LogP contribution in [0.4, 0.5) is 15.3 Å². The maximum atomic E-state index is 11.7. The quantitative estimate of drug-likeness (QED) is 0.132. The number of alkyl carbamates (subject to hydrolysis) is 1. The van der Waals surface area contributed by atoms with Gasteiger partial charge < -0.3 is 24.3 Å². The van der Waals surface area contributed by atoms with Gasteiger partial charge in [0.15, 0.2) is 0 Å². The van der Waals surface area contributed by atoms with Crippen LogP contribution in [0.1, 0.15) is 39.5 Å². The minimum absolute atomic E-state index is 0.0475. The Balaban J connectivity index is 2.16. The number of hydrogen-bond donors (Lipinski definition) is 1. The molecule has 11 heteroatoms. The van der Waals surface area contributed by atoms with Crippen LogP contribution in [-0.4, -0.2) is 43.1 Å². The molecule has 0 heterocycles. The van der Waals surface area contributed by atoms with Crippen molar-refractivity contribution in [2.24, 2.45) is 5.92 Å². The van der Waals surface area contributed by atoms with E-state index in [1.165, 1.54) is 24.3 Å². The van der Waals surface area contributed by atoms with E-state index in [9.17, 15) is 24.5 Å². The summed E-state index contributed by atoms with van der Waals surface area (Å²) in [5.41, 5.74) is -0.151. The molecule has 1 amide bonds. The number of nitrogens with zero attached hydrogens (tertiary/aromatic N) is 1. The zero-order valence-electron chi connectivity index (χ0n) is 17.0. The highest BCUT2D eigenvalue weighted by atomic mass is 16.8. The molecule has 0 fully saturated rings. The zero-order valence-corrected chi connectivity index (χ0v) is 17.0. The van der Waals surface area contributed by atoms with Crippen LogP contribution in [0.5, 0.6) is 5.75 Å². The summed E-state index contributed by atoms with van der Waals surface area (Å²) in [4.78, 5) is 44.6. The topological polar surface area (TPSA) is 143 Å². The molecule has 0 aliphatic heterocycles. The van der Waals surface area contributed by atoms with E-state index < -0.39 is 29.9 Å². The van der Waals surface area contributed by atoms with Crippen LogP contribution in [0.3, 0.4) is 0 Å². The van der Waals surface area contributed by atoms with Gasteiger partial charge in [0.25, 0.3) is 5.69 Å². The predicted molar refractivity (Wildman–Crippen MR) is 104 cm³/mol. The molecular weight excluding hydrogens is 400 g/mol. The molecule has 1 atom stereocenters. The molecule has 0 aliphatic rings. The number of nitro benzene ring substituents is 1. The van der Waals surface area contributed by atoms with Gasteiger partial charge in [-0.3, -0.25) is 14.9 Å². The lowest BCUT2D eigenvalue weighted by Crippen LogP contribution is -2.27. The highest BCUT2D eigenvalue weighted by Gasteiger charge is 2.13. The Hall–Kier alpha value is -3.37. The van der Waals surface area contributed by atoms with Crippen LogP contribution in [0.25, 0.3) is 0 Å². The molecule has 1 rings (SSSR count). The molecule has 0 saturated carbocycles. The normalized spacial score (nSPS) is 11.1. The van der Waals surface area contributed by atoms with Crippen molar-refractivity contribution in [3.05, 3.63) is 34.4 Å². The first-order chi connectivity index (χ1) is 14.3. The molecule has 1 unspecified atom stereocenters. The molecular formula is C19H26N2O9. The number of carbonyl (C=O) groups excluding carboxylic acids is 3. The number of benzene rings is 1. The summed E-state index contributed by atoms with van der Waals surface area (Å²) in [6.45, 7) is 3.91. The Bertz CT molecular complexity index is 706. The van der Waals surface area contributed by atoms with E-state index in [-0.39, 0.29) is 23.8 Å². The third-order valence-electron chi connectivity index (χ3n) is 3.80. The summed E-state index contributed by atoms with van der Waals surface area (Å²) in [5.74, 6) is -0.595. The van der Waals surface area contributed by atoms with Crippen molar-refractivity contribution in [3.63, 3.8) is 0 Å². The lowest BCUT2D eigenvalue weighted by atomic mass is 10.0. The summed E-state index contributed by atoms with van der Waals surface area (Å²) in [5, 5.41) is 13.2. The van der Waals surface area contributed by atoms with E-state index in [4.69, 9.17) is 14.2 Å². The Labute approximate surface area is 173 Å². The van der Waals surface area contributed by atoms with Crippen LogP contribution >= 0.6 is 0 Å². The molecule has 11 nitrogen and oxygen atoms in total. The summed E-state index contributed by atoms with van der Waals surface area (Å²) in [6.07, 6.45) is 0.756. The number of carbonyl (C=O) groups is 3. The van der Waals surface area contributed by atoms with E-state index in [0.717, 1.165) is 12.8 Å². The first-order valence-electron chi connectivity index (χ1n) is 9.47. The van der Waals surface area contributed by atoms with Crippen LogP contribution in [0.2, 0.25) is 0 Å². The van der Waals surface area contributed by atoms with Crippen molar-refractivity contribution in [1.29, 1.82) is 0 Å². The number of unbranched alkanes of at least 4 members (excludes halogenated alkanes) is 1. The molecule has 0 saturated heterocycles. The summed E-state index contributed by atoms with van der Waals surface area (Å²) < 4.78 is 19.2.